The zero-order chi connectivity index (χ0) is 50.3. The molecule has 4 aromatic carbocycles. The van der Waals surface area contributed by atoms with Gasteiger partial charge in [0.25, 0.3) is 47.3 Å². The van der Waals surface area contributed by atoms with Gasteiger partial charge >= 0.3 is 0 Å². The predicted octanol–water partition coefficient (Wildman–Crippen LogP) is 2.76. The van der Waals surface area contributed by atoms with Crippen molar-refractivity contribution < 1.29 is 52.9 Å². The smallest absolute Gasteiger partial charge is 0.271 e. The Morgan fingerprint density at radius 3 is 1.56 bits per heavy atom. The van der Waals surface area contributed by atoms with Gasteiger partial charge in [-0.3, -0.25) is 48.2 Å². The Hall–Kier alpha value is -8.84. The number of nitrogens with one attached hydrogen (secondary N) is 2. The highest BCUT2D eigenvalue weighted by molar-refractivity contribution is 6.10. The number of ether oxygens (including phenoxy) is 2. The highest BCUT2D eigenvalue weighted by atomic mass is 16.5. The maximum atomic E-state index is 14.2. The first-order valence-corrected chi connectivity index (χ1v) is 22.5. The lowest BCUT2D eigenvalue weighted by atomic mass is 9.85. The van der Waals surface area contributed by atoms with Gasteiger partial charge in [-0.1, -0.05) is 56.6 Å². The third kappa shape index (κ3) is 7.85. The van der Waals surface area contributed by atoms with E-state index in [-0.39, 0.29) is 98.6 Å². The summed E-state index contributed by atoms with van der Waals surface area (Å²) in [5.41, 5.74) is 5.67. The number of hydrogen-bond acceptors (Lipinski definition) is 11. The Labute approximate surface area is 406 Å². The number of likely N-dealkylation sites (N-methyl/N-ethyl adjacent to an activating group) is 2. The van der Waals surface area contributed by atoms with Gasteiger partial charge in [0.05, 0.1) is 42.0 Å². The molecule has 2 saturated heterocycles. The summed E-state index contributed by atoms with van der Waals surface area (Å²) in [4.78, 5) is 114. The number of nitrogens with zero attached hydrogens (tertiary/aromatic N) is 6. The second-order valence-electron chi connectivity index (χ2n) is 18.1. The van der Waals surface area contributed by atoms with Gasteiger partial charge in [0.15, 0.2) is 13.2 Å². The Morgan fingerprint density at radius 1 is 0.592 bits per heavy atom. The fraction of sp³-hybridized carbons (Fsp3) is 0.231. The molecule has 0 aliphatic carbocycles. The van der Waals surface area contributed by atoms with Crippen LogP contribution in [0.15, 0.2) is 116 Å². The molecule has 0 atom stereocenters. The van der Waals surface area contributed by atoms with Gasteiger partial charge in [-0.2, -0.15) is 0 Å². The number of likely N-dealkylation sites (tertiary alicyclic amines) is 2. The van der Waals surface area contributed by atoms with E-state index in [1.807, 2.05) is 18.2 Å². The maximum absolute atomic E-state index is 14.2. The number of benzene rings is 4. The summed E-state index contributed by atoms with van der Waals surface area (Å²) in [5.74, 6) is -3.41. The third-order valence-corrected chi connectivity index (χ3v) is 13.8. The number of rotatable bonds is 11. The minimum Gasteiger partial charge on any atom is -0.482 e. The summed E-state index contributed by atoms with van der Waals surface area (Å²) in [5, 5.41) is 14.6. The molecular formula is C52H46N8O11. The Kier molecular flexibility index (Phi) is 11.2. The minimum atomic E-state index is -0.816. The Bertz CT molecular complexity index is 3180. The predicted molar refractivity (Wildman–Crippen MR) is 256 cm³/mol. The molecule has 71 heavy (non-hydrogen) atoms. The van der Waals surface area contributed by atoms with Crippen molar-refractivity contribution >= 4 is 58.6 Å². The molecule has 6 aliphatic heterocycles. The lowest BCUT2D eigenvalue weighted by molar-refractivity contribution is -0.138. The van der Waals surface area contributed by atoms with Crippen molar-refractivity contribution in [3.05, 3.63) is 144 Å². The Balaban J connectivity index is 0.824. The molecule has 0 aromatic heterocycles. The molecule has 2 fully saturated rings. The van der Waals surface area contributed by atoms with E-state index in [1.54, 1.807) is 62.6 Å². The van der Waals surface area contributed by atoms with E-state index >= 15 is 0 Å². The van der Waals surface area contributed by atoms with Crippen LogP contribution in [0.4, 0.5) is 11.4 Å². The SMILES string of the molecule is C=C(NC(=O)C(=C)N1Cc2c(cc(C3CN(C(=O)C(=C)NC(=O)C(=C)N4Cc5c(cccc5-c5ccc6c(c5)OCC(=O)N6C)C4=O)C3)cc2-c2ccc3c(c2)OCC(=O)N3C)C1=O)C(=O)N1CC(O)C1. The van der Waals surface area contributed by atoms with Crippen LogP contribution in [-0.2, 0) is 41.9 Å². The molecule has 0 saturated carbocycles. The number of amides is 8. The zero-order valence-electron chi connectivity index (χ0n) is 38.7. The average Bonchev–Trinajstić information content (AvgIpc) is 3.86. The molecule has 360 valence electrons. The molecule has 0 bridgehead atoms. The van der Waals surface area contributed by atoms with E-state index in [1.165, 1.54) is 29.4 Å². The third-order valence-electron chi connectivity index (χ3n) is 13.8. The van der Waals surface area contributed by atoms with E-state index in [2.05, 4.69) is 36.9 Å². The molecular weight excluding hydrogens is 913 g/mol. The second kappa shape index (κ2) is 17.3. The molecule has 19 heteroatoms. The van der Waals surface area contributed by atoms with Crippen LogP contribution >= 0.6 is 0 Å². The van der Waals surface area contributed by atoms with Gasteiger partial charge < -0.3 is 44.8 Å². The minimum absolute atomic E-state index is 0.0305. The van der Waals surface area contributed by atoms with Crippen LogP contribution < -0.4 is 29.9 Å². The summed E-state index contributed by atoms with van der Waals surface area (Å²) in [7, 11) is 3.32. The van der Waals surface area contributed by atoms with Crippen molar-refractivity contribution in [3.8, 4) is 33.8 Å². The molecule has 19 nitrogen and oxygen atoms in total. The molecule has 10 rings (SSSR count). The van der Waals surface area contributed by atoms with Crippen molar-refractivity contribution in [2.45, 2.75) is 25.1 Å². The van der Waals surface area contributed by atoms with Crippen molar-refractivity contribution in [1.29, 1.82) is 0 Å². The summed E-state index contributed by atoms with van der Waals surface area (Å²) in [6.07, 6.45) is -0.655. The van der Waals surface area contributed by atoms with Crippen LogP contribution in [0, 0.1) is 0 Å². The lowest BCUT2D eigenvalue weighted by Crippen LogP contribution is -2.55. The van der Waals surface area contributed by atoms with Crippen LogP contribution in [0.1, 0.15) is 43.3 Å². The fourth-order valence-electron chi connectivity index (χ4n) is 9.48. The molecule has 4 aromatic rings. The largest absolute Gasteiger partial charge is 0.482 e. The van der Waals surface area contributed by atoms with Crippen LogP contribution in [0.5, 0.6) is 11.5 Å². The van der Waals surface area contributed by atoms with Gasteiger partial charge in [-0.15, -0.1) is 0 Å². The number of carbonyl (C=O) groups excluding carboxylic acids is 8. The van der Waals surface area contributed by atoms with E-state index in [9.17, 15) is 43.5 Å². The fourth-order valence-corrected chi connectivity index (χ4v) is 9.48. The molecule has 6 heterocycles. The first-order chi connectivity index (χ1) is 33.9. The first kappa shape index (κ1) is 45.9. The average molecular weight is 959 g/mol. The highest BCUT2D eigenvalue weighted by Crippen LogP contribution is 2.43. The topological polar surface area (TPSA) is 219 Å². The molecule has 3 N–H and O–H groups in total. The number of fused-ring (bicyclic) bond motifs is 4. The van der Waals surface area contributed by atoms with Gasteiger partial charge in [-0.05, 0) is 75.3 Å². The van der Waals surface area contributed by atoms with E-state index in [0.29, 0.717) is 56.3 Å². The van der Waals surface area contributed by atoms with Crippen molar-refractivity contribution in [2.75, 3.05) is 63.3 Å². The van der Waals surface area contributed by atoms with Crippen LogP contribution in [0.3, 0.4) is 0 Å². The number of aliphatic hydroxyl groups is 1. The van der Waals surface area contributed by atoms with Crippen molar-refractivity contribution in [2.24, 2.45) is 0 Å². The number of carbonyl (C=O) groups is 8. The van der Waals surface area contributed by atoms with Crippen LogP contribution in [0.25, 0.3) is 22.3 Å². The van der Waals surface area contributed by atoms with Gasteiger partial charge in [-0.25, -0.2) is 0 Å². The van der Waals surface area contributed by atoms with Crippen LogP contribution in [-0.4, -0.2) is 132 Å². The summed E-state index contributed by atoms with van der Waals surface area (Å²) in [6, 6.07) is 19.6. The number of β-amino-alcohol motifs (C(OH)–C–C–N with tert-alkyl or cyclic N) is 1. The Morgan fingerprint density at radius 2 is 1.04 bits per heavy atom. The zero-order valence-corrected chi connectivity index (χ0v) is 38.7. The number of aliphatic hydroxyl groups excluding tert-OH is 1. The van der Waals surface area contributed by atoms with Gasteiger partial charge in [0.2, 0.25) is 0 Å². The molecule has 0 spiro atoms. The first-order valence-electron chi connectivity index (χ1n) is 22.5. The molecule has 6 aliphatic rings. The number of anilines is 2. The summed E-state index contributed by atoms with van der Waals surface area (Å²) >= 11 is 0. The lowest BCUT2D eigenvalue weighted by Gasteiger charge is -2.40. The highest BCUT2D eigenvalue weighted by Gasteiger charge is 2.40. The normalized spacial score (nSPS) is 17.0. The van der Waals surface area contributed by atoms with Crippen molar-refractivity contribution in [1.82, 2.24) is 30.2 Å². The monoisotopic (exact) mass is 958 g/mol. The standard InChI is InChI=1S/C52H46N8O11/c1-26(53-47(64)28(3)59-22-39-35(8-7-9-36(39)51(59)68)30-10-12-41-43(16-30)70-24-45(62)55(41)5)49(66)57-18-33(19-57)32-14-37(31-11-13-42-44(17-31)71-25-46(63)56(42)6)40-23-60(52(69)38(40)15-32)29(4)48(65)54-27(2)50(67)58-20-34(61)21-58/h7-17,33-34,61H,1-4,18-25H2,5-6H3,(H,53,64)(H,54,65). The van der Waals surface area contributed by atoms with Gasteiger partial charge in [0.1, 0.15) is 22.9 Å². The van der Waals surface area contributed by atoms with E-state index in [0.717, 1.165) is 11.1 Å². The molecule has 0 radical (unpaired) electrons. The number of hydrogen-bond donors (Lipinski definition) is 3. The summed E-state index contributed by atoms with van der Waals surface area (Å²) < 4.78 is 11.5. The summed E-state index contributed by atoms with van der Waals surface area (Å²) in [6.45, 7) is 15.6. The van der Waals surface area contributed by atoms with Crippen LogP contribution in [0.2, 0.25) is 0 Å². The quantitative estimate of drug-likeness (QED) is 0.186. The van der Waals surface area contributed by atoms with Crippen molar-refractivity contribution in [3.63, 3.8) is 0 Å². The van der Waals surface area contributed by atoms with E-state index in [4.69, 9.17) is 9.47 Å². The maximum Gasteiger partial charge on any atom is 0.271 e. The molecule has 8 amide bonds. The van der Waals surface area contributed by atoms with E-state index < -0.39 is 41.5 Å². The molecule has 0 unspecified atom stereocenters. The van der Waals surface area contributed by atoms with Gasteiger partial charge in [0, 0.05) is 57.3 Å². The second-order valence-corrected chi connectivity index (χ2v) is 18.1.